The summed E-state index contributed by atoms with van der Waals surface area (Å²) < 4.78 is 5.71. The van der Waals surface area contributed by atoms with Crippen molar-refractivity contribution in [3.05, 3.63) is 29.3 Å². The molecule has 1 rings (SSSR count). The third kappa shape index (κ3) is 6.69. The first kappa shape index (κ1) is 19.0. The summed E-state index contributed by atoms with van der Waals surface area (Å²) in [7, 11) is 0. The number of aliphatic carboxylic acids is 1. The predicted molar refractivity (Wildman–Crippen MR) is 88.8 cm³/mol. The van der Waals surface area contributed by atoms with Gasteiger partial charge in [0, 0.05) is 6.04 Å². The molecule has 0 saturated heterocycles. The number of carbonyl (C=O) groups excluding carboxylic acids is 1. The zero-order valence-corrected chi connectivity index (χ0v) is 14.3. The van der Waals surface area contributed by atoms with E-state index in [9.17, 15) is 9.59 Å². The minimum atomic E-state index is -0.940. The van der Waals surface area contributed by atoms with Crippen molar-refractivity contribution in [3.8, 4) is 5.75 Å². The quantitative estimate of drug-likeness (QED) is 0.675. The molecule has 2 N–H and O–H groups in total. The molecule has 1 amide bonds. The van der Waals surface area contributed by atoms with Gasteiger partial charge in [-0.15, -0.1) is 0 Å². The van der Waals surface area contributed by atoms with Gasteiger partial charge in [0.15, 0.2) is 0 Å². The van der Waals surface area contributed by atoms with Gasteiger partial charge in [-0.25, -0.2) is 0 Å². The molecule has 0 bridgehead atoms. The van der Waals surface area contributed by atoms with Crippen LogP contribution in [0.4, 0.5) is 0 Å². The van der Waals surface area contributed by atoms with E-state index in [0.29, 0.717) is 13.2 Å². The van der Waals surface area contributed by atoms with Crippen LogP contribution in [0, 0.1) is 13.8 Å². The molecular formula is C17H26N2O4. The number of para-hydroxylation sites is 1. The largest absolute Gasteiger partial charge is 0.491 e. The van der Waals surface area contributed by atoms with E-state index in [2.05, 4.69) is 5.32 Å². The molecule has 0 saturated carbocycles. The number of hydrogen-bond acceptors (Lipinski definition) is 4. The van der Waals surface area contributed by atoms with E-state index in [0.717, 1.165) is 16.9 Å². The maximum atomic E-state index is 11.9. The summed E-state index contributed by atoms with van der Waals surface area (Å²) in [5.74, 6) is -0.300. The van der Waals surface area contributed by atoms with Gasteiger partial charge in [-0.2, -0.15) is 0 Å². The highest BCUT2D eigenvalue weighted by Gasteiger charge is 2.16. The zero-order valence-electron chi connectivity index (χ0n) is 14.3. The van der Waals surface area contributed by atoms with Crippen molar-refractivity contribution in [2.24, 2.45) is 0 Å². The molecule has 0 aliphatic heterocycles. The lowest BCUT2D eigenvalue weighted by Gasteiger charge is -2.23. The number of carbonyl (C=O) groups is 2. The topological polar surface area (TPSA) is 78.9 Å². The lowest BCUT2D eigenvalue weighted by molar-refractivity contribution is -0.139. The van der Waals surface area contributed by atoms with Crippen LogP contribution in [0.3, 0.4) is 0 Å². The summed E-state index contributed by atoms with van der Waals surface area (Å²) in [6.07, 6.45) is 0. The van der Waals surface area contributed by atoms with Crippen LogP contribution in [-0.2, 0) is 9.59 Å². The first-order chi connectivity index (χ1) is 10.8. The van der Waals surface area contributed by atoms with E-state index >= 15 is 0 Å². The average molecular weight is 322 g/mol. The van der Waals surface area contributed by atoms with Gasteiger partial charge in [-0.1, -0.05) is 18.2 Å². The van der Waals surface area contributed by atoms with E-state index in [1.54, 1.807) is 4.90 Å². The van der Waals surface area contributed by atoms with Crippen LogP contribution in [-0.4, -0.2) is 54.2 Å². The second-order valence-corrected chi connectivity index (χ2v) is 5.81. The minimum absolute atomic E-state index is 0.0114. The fourth-order valence-electron chi connectivity index (χ4n) is 2.21. The molecule has 0 atom stereocenters. The first-order valence-electron chi connectivity index (χ1n) is 7.72. The maximum Gasteiger partial charge on any atom is 0.317 e. The SMILES string of the molecule is Cc1cccc(C)c1OCCNC(=O)CN(CC(=O)O)C(C)C. The van der Waals surface area contributed by atoms with Crippen LogP contribution >= 0.6 is 0 Å². The van der Waals surface area contributed by atoms with Crippen molar-refractivity contribution in [1.29, 1.82) is 0 Å². The van der Waals surface area contributed by atoms with E-state index in [1.165, 1.54) is 0 Å². The predicted octanol–water partition coefficient (Wildman–Crippen LogP) is 1.59. The first-order valence-corrected chi connectivity index (χ1v) is 7.72. The van der Waals surface area contributed by atoms with Crippen molar-refractivity contribution >= 4 is 11.9 Å². The third-order valence-electron chi connectivity index (χ3n) is 3.49. The Hall–Kier alpha value is -2.08. The molecule has 128 valence electrons. The second-order valence-electron chi connectivity index (χ2n) is 5.81. The van der Waals surface area contributed by atoms with E-state index in [-0.39, 0.29) is 25.0 Å². The Bertz CT molecular complexity index is 523. The smallest absolute Gasteiger partial charge is 0.317 e. The summed E-state index contributed by atoms with van der Waals surface area (Å²) in [5.41, 5.74) is 2.12. The van der Waals surface area contributed by atoms with Crippen LogP contribution < -0.4 is 10.1 Å². The highest BCUT2D eigenvalue weighted by atomic mass is 16.5. The number of carboxylic acids is 1. The normalized spacial score (nSPS) is 10.9. The molecule has 0 radical (unpaired) electrons. The highest BCUT2D eigenvalue weighted by Crippen LogP contribution is 2.21. The number of aryl methyl sites for hydroxylation is 2. The monoisotopic (exact) mass is 322 g/mol. The van der Waals surface area contributed by atoms with Crippen LogP contribution in [0.15, 0.2) is 18.2 Å². The van der Waals surface area contributed by atoms with Crippen LogP contribution in [0.25, 0.3) is 0 Å². The Labute approximate surface area is 137 Å². The Morgan fingerprint density at radius 2 is 1.83 bits per heavy atom. The lowest BCUT2D eigenvalue weighted by Crippen LogP contribution is -2.44. The molecule has 0 heterocycles. The molecule has 6 heteroatoms. The zero-order chi connectivity index (χ0) is 17.4. The summed E-state index contributed by atoms with van der Waals surface area (Å²) >= 11 is 0. The van der Waals surface area contributed by atoms with Gasteiger partial charge in [-0.3, -0.25) is 14.5 Å². The average Bonchev–Trinajstić information content (AvgIpc) is 2.44. The fourth-order valence-corrected chi connectivity index (χ4v) is 2.21. The Kier molecular flexibility index (Phi) is 7.54. The van der Waals surface area contributed by atoms with Gasteiger partial charge < -0.3 is 15.2 Å². The molecule has 0 unspecified atom stereocenters. The lowest BCUT2D eigenvalue weighted by atomic mass is 10.1. The van der Waals surface area contributed by atoms with Crippen LogP contribution in [0.5, 0.6) is 5.75 Å². The Balaban J connectivity index is 2.37. The van der Waals surface area contributed by atoms with Gasteiger partial charge in [0.2, 0.25) is 5.91 Å². The van der Waals surface area contributed by atoms with Crippen molar-refractivity contribution in [1.82, 2.24) is 10.2 Å². The summed E-state index contributed by atoms with van der Waals surface area (Å²) in [4.78, 5) is 24.3. The van der Waals surface area contributed by atoms with Crippen molar-refractivity contribution in [3.63, 3.8) is 0 Å². The van der Waals surface area contributed by atoms with Gasteiger partial charge in [0.1, 0.15) is 12.4 Å². The molecule has 23 heavy (non-hydrogen) atoms. The molecule has 1 aromatic carbocycles. The molecule has 0 spiro atoms. The molecule has 1 aromatic rings. The number of rotatable bonds is 9. The summed E-state index contributed by atoms with van der Waals surface area (Å²) in [6, 6.07) is 5.92. The molecule has 0 aromatic heterocycles. The minimum Gasteiger partial charge on any atom is -0.491 e. The number of ether oxygens (including phenoxy) is 1. The Morgan fingerprint density at radius 1 is 1.22 bits per heavy atom. The standard InChI is InChI=1S/C17H26N2O4/c1-12(2)19(11-16(21)22)10-15(20)18-8-9-23-17-13(3)6-5-7-14(17)4/h5-7,12H,8-11H2,1-4H3,(H,18,20)(H,21,22). The number of benzene rings is 1. The highest BCUT2D eigenvalue weighted by molar-refractivity contribution is 5.79. The number of carboxylic acid groups (broad SMARTS) is 1. The maximum absolute atomic E-state index is 11.9. The molecule has 0 aliphatic carbocycles. The van der Waals surface area contributed by atoms with Gasteiger partial charge >= 0.3 is 5.97 Å². The van der Waals surface area contributed by atoms with Crippen molar-refractivity contribution in [2.45, 2.75) is 33.7 Å². The fraction of sp³-hybridized carbons (Fsp3) is 0.529. The molecule has 0 fully saturated rings. The number of hydrogen-bond donors (Lipinski definition) is 2. The van der Waals surface area contributed by atoms with E-state index in [4.69, 9.17) is 9.84 Å². The van der Waals surface area contributed by atoms with E-state index < -0.39 is 5.97 Å². The molecule has 6 nitrogen and oxygen atoms in total. The van der Waals surface area contributed by atoms with Crippen LogP contribution in [0.2, 0.25) is 0 Å². The van der Waals surface area contributed by atoms with Gasteiger partial charge in [0.25, 0.3) is 0 Å². The van der Waals surface area contributed by atoms with Gasteiger partial charge in [-0.05, 0) is 38.8 Å². The van der Waals surface area contributed by atoms with Crippen LogP contribution in [0.1, 0.15) is 25.0 Å². The number of nitrogens with zero attached hydrogens (tertiary/aromatic N) is 1. The van der Waals surface area contributed by atoms with E-state index in [1.807, 2.05) is 45.9 Å². The molecule has 0 aliphatic rings. The van der Waals surface area contributed by atoms with Gasteiger partial charge in [0.05, 0.1) is 19.6 Å². The second kappa shape index (κ2) is 9.15. The summed E-state index contributed by atoms with van der Waals surface area (Å²) in [6.45, 7) is 8.35. The molecular weight excluding hydrogens is 296 g/mol. The number of amides is 1. The Morgan fingerprint density at radius 3 is 2.35 bits per heavy atom. The third-order valence-corrected chi connectivity index (χ3v) is 3.49. The van der Waals surface area contributed by atoms with Crippen molar-refractivity contribution in [2.75, 3.05) is 26.2 Å². The number of nitrogens with one attached hydrogen (secondary N) is 1. The van der Waals surface area contributed by atoms with Crippen molar-refractivity contribution < 1.29 is 19.4 Å². The summed E-state index contributed by atoms with van der Waals surface area (Å²) in [5, 5.41) is 11.6.